The molecule has 2 atom stereocenters. The normalized spacial score (nSPS) is 25.9. The quantitative estimate of drug-likeness (QED) is 0.175. The molecule has 2 bridgehead atoms. The predicted molar refractivity (Wildman–Crippen MR) is 148 cm³/mol. The van der Waals surface area contributed by atoms with Crippen molar-refractivity contribution in [3.05, 3.63) is 113 Å². The van der Waals surface area contributed by atoms with E-state index < -0.39 is 0 Å². The lowest BCUT2D eigenvalue weighted by molar-refractivity contribution is 0.324. The highest BCUT2D eigenvalue weighted by molar-refractivity contribution is 9.17. The predicted octanol–water partition coefficient (Wildman–Crippen LogP) is 9.83. The van der Waals surface area contributed by atoms with Crippen molar-refractivity contribution >= 4 is 85.3 Å². The Balaban J connectivity index is 1.61. The number of rotatable bonds is 0. The molecular weight excluding hydrogens is 656 g/mol. The fraction of sp³-hybridized carbons (Fsp3) is 0.143. The largest absolute Gasteiger partial charge is 0.0616 e. The Morgan fingerprint density at radius 2 is 0.719 bits per heavy atom. The van der Waals surface area contributed by atoms with Gasteiger partial charge >= 0.3 is 0 Å². The highest BCUT2D eigenvalue weighted by atomic mass is 79.9. The lowest BCUT2D eigenvalue weighted by Gasteiger charge is -2.52. The van der Waals surface area contributed by atoms with Crippen LogP contribution >= 0.6 is 63.7 Å². The molecule has 0 fully saturated rings. The van der Waals surface area contributed by atoms with Crippen LogP contribution in [-0.2, 0) is 0 Å². The molecule has 0 aliphatic heterocycles. The molecule has 32 heavy (non-hydrogen) atoms. The van der Waals surface area contributed by atoms with Crippen LogP contribution in [0.2, 0.25) is 0 Å². The van der Waals surface area contributed by atoms with Crippen molar-refractivity contribution in [3.63, 3.8) is 0 Å². The number of allylic oxidation sites excluding steroid dienone is 4. The molecule has 4 heteroatoms. The van der Waals surface area contributed by atoms with E-state index in [1.54, 1.807) is 0 Å². The van der Waals surface area contributed by atoms with Crippen molar-refractivity contribution in [2.24, 2.45) is 11.8 Å². The fourth-order valence-corrected chi connectivity index (χ4v) is 9.24. The Morgan fingerprint density at radius 1 is 0.438 bits per heavy atom. The third-order valence-electron chi connectivity index (χ3n) is 7.55. The van der Waals surface area contributed by atoms with Crippen LogP contribution in [-0.4, -0.2) is 0 Å². The van der Waals surface area contributed by atoms with E-state index in [-0.39, 0.29) is 0 Å². The van der Waals surface area contributed by atoms with E-state index >= 15 is 0 Å². The standard InChI is InChI=1S/C28H16Br4/c29-25-23-21-17-9-13-5-1-2-6-14(13)10-18(17)22(24(23)26(30)28(32)27(25)31)20-12-16-8-4-3-7-15(16)11-19(20)21/h1-12,21-24H. The first-order chi connectivity index (χ1) is 15.5. The van der Waals surface area contributed by atoms with Crippen molar-refractivity contribution < 1.29 is 0 Å². The van der Waals surface area contributed by atoms with Crippen molar-refractivity contribution in [2.75, 3.05) is 0 Å². The number of benzene rings is 4. The molecule has 4 aromatic rings. The van der Waals surface area contributed by atoms with Gasteiger partial charge in [-0.2, -0.15) is 0 Å². The molecule has 0 heterocycles. The second-order valence-electron chi connectivity index (χ2n) is 8.99. The van der Waals surface area contributed by atoms with Gasteiger partial charge in [0.25, 0.3) is 0 Å². The van der Waals surface area contributed by atoms with E-state index in [9.17, 15) is 0 Å². The Hall–Kier alpha value is -1.20. The fourth-order valence-electron chi connectivity index (χ4n) is 6.26. The van der Waals surface area contributed by atoms with Crippen LogP contribution in [0.3, 0.4) is 0 Å². The molecule has 0 spiro atoms. The highest BCUT2D eigenvalue weighted by Crippen LogP contribution is 2.67. The van der Waals surface area contributed by atoms with Gasteiger partial charge in [0, 0.05) is 41.6 Å². The molecule has 2 unspecified atom stereocenters. The van der Waals surface area contributed by atoms with Crippen molar-refractivity contribution in [2.45, 2.75) is 11.8 Å². The van der Waals surface area contributed by atoms with Gasteiger partial charge in [-0.1, -0.05) is 105 Å². The zero-order valence-corrected chi connectivity index (χ0v) is 23.1. The van der Waals surface area contributed by atoms with Gasteiger partial charge in [-0.25, -0.2) is 0 Å². The van der Waals surface area contributed by atoms with Crippen LogP contribution in [0.5, 0.6) is 0 Å². The van der Waals surface area contributed by atoms with Crippen LogP contribution in [0.4, 0.5) is 0 Å². The Morgan fingerprint density at radius 3 is 1.00 bits per heavy atom. The van der Waals surface area contributed by atoms with Gasteiger partial charge in [-0.05, 0) is 75.7 Å². The Kier molecular flexibility index (Phi) is 4.51. The molecule has 0 N–H and O–H groups in total. The highest BCUT2D eigenvalue weighted by Gasteiger charge is 2.54. The maximum Gasteiger partial charge on any atom is 0.0430 e. The van der Waals surface area contributed by atoms with Crippen molar-refractivity contribution in [3.8, 4) is 0 Å². The monoisotopic (exact) mass is 668 g/mol. The minimum Gasteiger partial charge on any atom is -0.0616 e. The van der Waals surface area contributed by atoms with Crippen LogP contribution in [0.15, 0.2) is 90.7 Å². The smallest absolute Gasteiger partial charge is 0.0430 e. The lowest BCUT2D eigenvalue weighted by atomic mass is 9.53. The van der Waals surface area contributed by atoms with E-state index in [0.29, 0.717) is 23.7 Å². The average molecular weight is 672 g/mol. The molecule has 8 rings (SSSR count). The van der Waals surface area contributed by atoms with Gasteiger partial charge in [-0.15, -0.1) is 0 Å². The summed E-state index contributed by atoms with van der Waals surface area (Å²) < 4.78 is 4.74. The van der Waals surface area contributed by atoms with Crippen LogP contribution in [0.1, 0.15) is 34.1 Å². The Bertz CT molecular complexity index is 1340. The average Bonchev–Trinajstić information content (AvgIpc) is 2.83. The second-order valence-corrected chi connectivity index (χ2v) is 12.3. The summed E-state index contributed by atoms with van der Waals surface area (Å²) in [6.45, 7) is 0. The molecule has 0 amide bonds. The third kappa shape index (κ3) is 2.58. The second kappa shape index (κ2) is 7.15. The van der Waals surface area contributed by atoms with Crippen molar-refractivity contribution in [1.29, 1.82) is 0 Å². The molecule has 0 saturated carbocycles. The first kappa shape index (κ1) is 20.2. The van der Waals surface area contributed by atoms with Crippen LogP contribution in [0.25, 0.3) is 21.5 Å². The number of hydrogen-bond donors (Lipinski definition) is 0. The van der Waals surface area contributed by atoms with Gasteiger partial charge in [0.1, 0.15) is 0 Å². The van der Waals surface area contributed by atoms with Crippen molar-refractivity contribution in [1.82, 2.24) is 0 Å². The van der Waals surface area contributed by atoms with Gasteiger partial charge in [-0.3, -0.25) is 0 Å². The summed E-state index contributed by atoms with van der Waals surface area (Å²) in [6.07, 6.45) is 0. The molecule has 4 aliphatic rings. The summed E-state index contributed by atoms with van der Waals surface area (Å²) in [5.41, 5.74) is 5.92. The SMILES string of the molecule is BrC1=C(Br)C2C3c4cc5ccccc5cc4C(c4cc5ccccc5cc43)C2C(Br)=C1Br. The van der Waals surface area contributed by atoms with E-state index in [1.807, 2.05) is 0 Å². The summed E-state index contributed by atoms with van der Waals surface area (Å²) in [4.78, 5) is 0. The zero-order valence-electron chi connectivity index (χ0n) is 16.7. The van der Waals surface area contributed by atoms with Gasteiger partial charge in [0.05, 0.1) is 0 Å². The maximum atomic E-state index is 4.02. The van der Waals surface area contributed by atoms with E-state index in [1.165, 1.54) is 52.8 Å². The zero-order chi connectivity index (χ0) is 21.7. The van der Waals surface area contributed by atoms with Crippen LogP contribution in [0, 0.1) is 11.8 Å². The summed E-state index contributed by atoms with van der Waals surface area (Å²) in [5, 5.41) is 5.29. The molecule has 4 aromatic carbocycles. The van der Waals surface area contributed by atoms with Crippen LogP contribution < -0.4 is 0 Å². The van der Waals surface area contributed by atoms with Gasteiger partial charge in [0.15, 0.2) is 0 Å². The van der Waals surface area contributed by atoms with E-state index in [0.717, 1.165) is 8.96 Å². The third-order valence-corrected chi connectivity index (χ3v) is 12.6. The summed E-state index contributed by atoms with van der Waals surface area (Å²) in [6, 6.07) is 27.3. The molecule has 0 aromatic heterocycles. The first-order valence-corrected chi connectivity index (χ1v) is 13.9. The first-order valence-electron chi connectivity index (χ1n) is 10.7. The topological polar surface area (TPSA) is 0 Å². The summed E-state index contributed by atoms with van der Waals surface area (Å²) >= 11 is 15.7. The summed E-state index contributed by atoms with van der Waals surface area (Å²) in [7, 11) is 0. The van der Waals surface area contributed by atoms with Gasteiger partial charge in [0.2, 0.25) is 0 Å². The number of fused-ring (bicyclic) bond motifs is 2. The number of halogens is 4. The molecule has 0 nitrogen and oxygen atoms in total. The molecular formula is C28H16Br4. The summed E-state index contributed by atoms with van der Waals surface area (Å²) in [5.74, 6) is 1.32. The molecule has 0 saturated heterocycles. The van der Waals surface area contributed by atoms with Gasteiger partial charge < -0.3 is 0 Å². The maximum absolute atomic E-state index is 4.02. The molecule has 0 radical (unpaired) electrons. The minimum atomic E-state index is 0.305. The Labute approximate surface area is 220 Å². The lowest BCUT2D eigenvalue weighted by Crippen LogP contribution is -2.41. The van der Waals surface area contributed by atoms with E-state index in [2.05, 4.69) is 137 Å². The molecule has 4 aliphatic carbocycles. The molecule has 156 valence electrons. The number of hydrogen-bond acceptors (Lipinski definition) is 0. The minimum absolute atomic E-state index is 0.305. The van der Waals surface area contributed by atoms with E-state index in [4.69, 9.17) is 0 Å².